The number of aryl methyl sites for hydroxylation is 1. The molecule has 0 unspecified atom stereocenters. The third-order valence-corrected chi connectivity index (χ3v) is 4.07. The van der Waals surface area contributed by atoms with Gasteiger partial charge in [0.15, 0.2) is 0 Å². The van der Waals surface area contributed by atoms with Gasteiger partial charge in [0, 0.05) is 29.1 Å². The molecule has 0 saturated carbocycles. The number of nitrogens with one attached hydrogen (secondary N) is 1. The summed E-state index contributed by atoms with van der Waals surface area (Å²) in [6.07, 6.45) is 3.72. The molecule has 2 aromatic carbocycles. The number of halogens is 1. The van der Waals surface area contributed by atoms with E-state index in [-0.39, 0.29) is 0 Å². The largest absolute Gasteiger partial charge is 0.381 e. The quantitative estimate of drug-likeness (QED) is 0.754. The molecule has 21 heavy (non-hydrogen) atoms. The molecule has 3 aromatic rings. The van der Waals surface area contributed by atoms with Crippen molar-refractivity contribution in [1.29, 1.82) is 0 Å². The van der Waals surface area contributed by atoms with Crippen molar-refractivity contribution in [3.8, 4) is 5.69 Å². The highest BCUT2D eigenvalue weighted by Gasteiger charge is 2.01. The fourth-order valence-corrected chi connectivity index (χ4v) is 2.78. The molecule has 0 aliphatic heterocycles. The van der Waals surface area contributed by atoms with E-state index in [2.05, 4.69) is 75.7 Å². The second-order valence-electron chi connectivity index (χ2n) is 4.95. The SMILES string of the molecule is Cc1ccc(CNc2ccc(-n3cccn3)cc2)c(Br)c1. The van der Waals surface area contributed by atoms with Crippen LogP contribution in [0.15, 0.2) is 65.4 Å². The molecule has 1 aromatic heterocycles. The van der Waals surface area contributed by atoms with Crippen LogP contribution in [0.1, 0.15) is 11.1 Å². The molecule has 1 N–H and O–H groups in total. The highest BCUT2D eigenvalue weighted by molar-refractivity contribution is 9.10. The summed E-state index contributed by atoms with van der Waals surface area (Å²) in [6, 6.07) is 16.6. The monoisotopic (exact) mass is 341 g/mol. The lowest BCUT2D eigenvalue weighted by atomic mass is 10.1. The molecule has 0 bridgehead atoms. The first-order chi connectivity index (χ1) is 10.2. The number of hydrogen-bond donors (Lipinski definition) is 1. The molecule has 0 spiro atoms. The van der Waals surface area contributed by atoms with Crippen molar-refractivity contribution in [3.63, 3.8) is 0 Å². The zero-order chi connectivity index (χ0) is 14.7. The van der Waals surface area contributed by atoms with Gasteiger partial charge in [-0.3, -0.25) is 0 Å². The van der Waals surface area contributed by atoms with Crippen molar-refractivity contribution in [3.05, 3.63) is 76.5 Å². The van der Waals surface area contributed by atoms with E-state index < -0.39 is 0 Å². The van der Waals surface area contributed by atoms with Crippen LogP contribution in [-0.4, -0.2) is 9.78 Å². The maximum Gasteiger partial charge on any atom is 0.0647 e. The summed E-state index contributed by atoms with van der Waals surface area (Å²) in [5.41, 5.74) is 4.66. The van der Waals surface area contributed by atoms with Crippen LogP contribution in [-0.2, 0) is 6.54 Å². The third kappa shape index (κ3) is 3.34. The van der Waals surface area contributed by atoms with Gasteiger partial charge in [-0.05, 0) is 54.4 Å². The molecule has 0 aliphatic carbocycles. The van der Waals surface area contributed by atoms with Crippen molar-refractivity contribution >= 4 is 21.6 Å². The van der Waals surface area contributed by atoms with Gasteiger partial charge in [0.1, 0.15) is 0 Å². The van der Waals surface area contributed by atoms with E-state index in [9.17, 15) is 0 Å². The van der Waals surface area contributed by atoms with E-state index in [4.69, 9.17) is 0 Å². The summed E-state index contributed by atoms with van der Waals surface area (Å²) in [6.45, 7) is 2.89. The average molecular weight is 342 g/mol. The Hall–Kier alpha value is -2.07. The zero-order valence-corrected chi connectivity index (χ0v) is 13.3. The Morgan fingerprint density at radius 1 is 1.14 bits per heavy atom. The highest BCUT2D eigenvalue weighted by atomic mass is 79.9. The van der Waals surface area contributed by atoms with Gasteiger partial charge in [0.2, 0.25) is 0 Å². The number of rotatable bonds is 4. The smallest absolute Gasteiger partial charge is 0.0647 e. The van der Waals surface area contributed by atoms with Crippen molar-refractivity contribution in [1.82, 2.24) is 9.78 Å². The summed E-state index contributed by atoms with van der Waals surface area (Å²) in [4.78, 5) is 0. The van der Waals surface area contributed by atoms with Crippen LogP contribution in [0.25, 0.3) is 5.69 Å². The van der Waals surface area contributed by atoms with Gasteiger partial charge in [0.05, 0.1) is 5.69 Å². The van der Waals surface area contributed by atoms with E-state index in [1.54, 1.807) is 6.20 Å². The maximum absolute atomic E-state index is 4.22. The van der Waals surface area contributed by atoms with E-state index >= 15 is 0 Å². The molecule has 0 aliphatic rings. The van der Waals surface area contributed by atoms with E-state index in [1.165, 1.54) is 11.1 Å². The Morgan fingerprint density at radius 2 is 1.95 bits per heavy atom. The van der Waals surface area contributed by atoms with Crippen molar-refractivity contribution in [2.45, 2.75) is 13.5 Å². The van der Waals surface area contributed by atoms with Gasteiger partial charge in [-0.2, -0.15) is 5.10 Å². The second-order valence-corrected chi connectivity index (χ2v) is 5.80. The Morgan fingerprint density at radius 3 is 2.62 bits per heavy atom. The molecule has 3 nitrogen and oxygen atoms in total. The molecule has 3 rings (SSSR count). The molecule has 0 amide bonds. The minimum atomic E-state index is 0.794. The average Bonchev–Trinajstić information content (AvgIpc) is 3.01. The summed E-state index contributed by atoms with van der Waals surface area (Å²) < 4.78 is 2.99. The summed E-state index contributed by atoms with van der Waals surface area (Å²) in [5, 5.41) is 7.65. The molecule has 0 radical (unpaired) electrons. The molecule has 0 saturated heterocycles. The van der Waals surface area contributed by atoms with Crippen LogP contribution in [0.4, 0.5) is 5.69 Å². The van der Waals surface area contributed by atoms with Crippen LogP contribution < -0.4 is 5.32 Å². The Bertz CT molecular complexity index is 718. The maximum atomic E-state index is 4.22. The van der Waals surface area contributed by atoms with Gasteiger partial charge in [-0.15, -0.1) is 0 Å². The second kappa shape index (κ2) is 6.14. The first kappa shape index (κ1) is 13.9. The zero-order valence-electron chi connectivity index (χ0n) is 11.8. The Labute approximate surface area is 132 Å². The molecule has 4 heteroatoms. The van der Waals surface area contributed by atoms with Crippen LogP contribution in [0.2, 0.25) is 0 Å². The molecular formula is C17H16BrN3. The third-order valence-electron chi connectivity index (χ3n) is 3.33. The number of nitrogens with zero attached hydrogens (tertiary/aromatic N) is 2. The van der Waals surface area contributed by atoms with Crippen molar-refractivity contribution in [2.24, 2.45) is 0 Å². The first-order valence-corrected chi connectivity index (χ1v) is 7.61. The fourth-order valence-electron chi connectivity index (χ4n) is 2.15. The van der Waals surface area contributed by atoms with Crippen molar-refractivity contribution in [2.75, 3.05) is 5.32 Å². The van der Waals surface area contributed by atoms with Gasteiger partial charge in [0.25, 0.3) is 0 Å². The highest BCUT2D eigenvalue weighted by Crippen LogP contribution is 2.20. The number of hydrogen-bond acceptors (Lipinski definition) is 2. The van der Waals surface area contributed by atoms with Gasteiger partial charge >= 0.3 is 0 Å². The van der Waals surface area contributed by atoms with Crippen molar-refractivity contribution < 1.29 is 0 Å². The molecule has 1 heterocycles. The lowest BCUT2D eigenvalue weighted by Gasteiger charge is -2.10. The molecule has 106 valence electrons. The minimum absolute atomic E-state index is 0.794. The van der Waals surface area contributed by atoms with Crippen LogP contribution in [0.3, 0.4) is 0 Å². The summed E-state index contributed by atoms with van der Waals surface area (Å²) >= 11 is 3.61. The molecule has 0 fully saturated rings. The Kier molecular flexibility index (Phi) is 4.06. The van der Waals surface area contributed by atoms with Gasteiger partial charge in [-0.1, -0.05) is 28.1 Å². The van der Waals surface area contributed by atoms with Gasteiger partial charge in [-0.25, -0.2) is 4.68 Å². The number of aromatic nitrogens is 2. The van der Waals surface area contributed by atoms with E-state index in [1.807, 2.05) is 16.9 Å². The van der Waals surface area contributed by atoms with Gasteiger partial charge < -0.3 is 5.32 Å². The lowest BCUT2D eigenvalue weighted by Crippen LogP contribution is -2.01. The van der Waals surface area contributed by atoms with E-state index in [0.717, 1.165) is 22.4 Å². The summed E-state index contributed by atoms with van der Waals surface area (Å²) in [7, 11) is 0. The number of benzene rings is 2. The van der Waals surface area contributed by atoms with Crippen LogP contribution >= 0.6 is 15.9 Å². The predicted octanol–water partition coefficient (Wildman–Crippen LogP) is 4.56. The minimum Gasteiger partial charge on any atom is -0.381 e. The standard InChI is InChI=1S/C17H16BrN3/c1-13-3-4-14(17(18)11-13)12-19-15-5-7-16(8-6-15)21-10-2-9-20-21/h2-11,19H,12H2,1H3. The normalized spacial score (nSPS) is 10.6. The lowest BCUT2D eigenvalue weighted by molar-refractivity contribution is 0.880. The topological polar surface area (TPSA) is 29.9 Å². The molecular weight excluding hydrogens is 326 g/mol. The molecule has 0 atom stereocenters. The predicted molar refractivity (Wildman–Crippen MR) is 89.8 cm³/mol. The summed E-state index contributed by atoms with van der Waals surface area (Å²) in [5.74, 6) is 0. The number of anilines is 1. The Balaban J connectivity index is 1.68. The first-order valence-electron chi connectivity index (χ1n) is 6.81. The fraction of sp³-hybridized carbons (Fsp3) is 0.118. The van der Waals surface area contributed by atoms with Crippen LogP contribution in [0, 0.1) is 6.92 Å². The van der Waals surface area contributed by atoms with E-state index in [0.29, 0.717) is 0 Å². The van der Waals surface area contributed by atoms with Crippen LogP contribution in [0.5, 0.6) is 0 Å².